The van der Waals surface area contributed by atoms with Crippen LogP contribution >= 0.6 is 0 Å². The van der Waals surface area contributed by atoms with Crippen LogP contribution in [0.4, 0.5) is 0 Å². The van der Waals surface area contributed by atoms with Gasteiger partial charge in [0.25, 0.3) is 10.1 Å². The quantitative estimate of drug-likeness (QED) is 0.742. The number of amides is 1. The predicted octanol–water partition coefficient (Wildman–Crippen LogP) is 0.694. The zero-order valence-corrected chi connectivity index (χ0v) is 12.1. The molecule has 108 valence electrons. The Bertz CT molecular complexity index is 522. The van der Waals surface area contributed by atoms with Gasteiger partial charge in [-0.1, -0.05) is 6.08 Å². The van der Waals surface area contributed by atoms with Crippen LogP contribution in [0.2, 0.25) is 0 Å². The number of hydrogen-bond acceptors (Lipinski definition) is 4. The second-order valence-electron chi connectivity index (χ2n) is 5.27. The van der Waals surface area contributed by atoms with Gasteiger partial charge in [0, 0.05) is 13.3 Å². The molecular weight excluding hydrogens is 270 g/mol. The molecule has 0 aromatic heterocycles. The monoisotopic (exact) mass is 289 g/mol. The lowest BCUT2D eigenvalue weighted by Crippen LogP contribution is -2.56. The minimum atomic E-state index is -4.25. The van der Waals surface area contributed by atoms with Gasteiger partial charge in [-0.3, -0.25) is 14.1 Å². The summed E-state index contributed by atoms with van der Waals surface area (Å²) in [4.78, 5) is 23.0. The normalized spacial score (nSPS) is 23.5. The Balaban J connectivity index is 3.04. The number of carbonyl (C=O) groups excluding carboxylic acids is 2. The SMILES string of the molecule is CC(=O)NC(C)(CS(=O)(=O)O)[C@H]1CC=C(C)C(=O)C1. The molecule has 0 spiro atoms. The van der Waals surface area contributed by atoms with E-state index in [0.717, 1.165) is 0 Å². The third-order valence-electron chi connectivity index (χ3n) is 3.43. The Morgan fingerprint density at radius 3 is 2.58 bits per heavy atom. The molecule has 1 unspecified atom stereocenters. The maximum Gasteiger partial charge on any atom is 0.267 e. The third kappa shape index (κ3) is 4.43. The zero-order chi connectivity index (χ0) is 14.8. The van der Waals surface area contributed by atoms with Crippen molar-refractivity contribution < 1.29 is 22.6 Å². The fourth-order valence-electron chi connectivity index (χ4n) is 2.42. The van der Waals surface area contributed by atoms with E-state index in [2.05, 4.69) is 5.32 Å². The number of hydrogen-bond donors (Lipinski definition) is 2. The summed E-state index contributed by atoms with van der Waals surface area (Å²) in [5.41, 5.74) is -0.514. The van der Waals surface area contributed by atoms with Crippen molar-refractivity contribution in [2.24, 2.45) is 5.92 Å². The summed E-state index contributed by atoms with van der Waals surface area (Å²) >= 11 is 0. The van der Waals surface area contributed by atoms with Crippen LogP contribution in [0, 0.1) is 5.92 Å². The van der Waals surface area contributed by atoms with E-state index < -0.39 is 27.3 Å². The first-order chi connectivity index (χ1) is 8.53. The molecule has 0 aromatic carbocycles. The molecule has 1 rings (SSSR count). The van der Waals surface area contributed by atoms with Crippen LogP contribution in [0.25, 0.3) is 0 Å². The largest absolute Gasteiger partial charge is 0.350 e. The number of ketones is 1. The van der Waals surface area contributed by atoms with Gasteiger partial charge >= 0.3 is 0 Å². The van der Waals surface area contributed by atoms with Gasteiger partial charge in [0.2, 0.25) is 5.91 Å². The van der Waals surface area contributed by atoms with Crippen LogP contribution in [-0.4, -0.2) is 36.0 Å². The van der Waals surface area contributed by atoms with Crippen LogP contribution in [0.5, 0.6) is 0 Å². The molecule has 2 N–H and O–H groups in total. The third-order valence-corrected chi connectivity index (χ3v) is 4.39. The fourth-order valence-corrected chi connectivity index (χ4v) is 3.49. The number of Topliss-reactive ketones (excluding diaryl/α,β-unsaturated/α-hetero) is 1. The number of allylic oxidation sites excluding steroid dienone is 2. The summed E-state index contributed by atoms with van der Waals surface area (Å²) in [6, 6.07) is 0. The van der Waals surface area contributed by atoms with Gasteiger partial charge in [-0.05, 0) is 31.8 Å². The molecule has 2 atom stereocenters. The summed E-state index contributed by atoms with van der Waals surface area (Å²) in [6.45, 7) is 4.51. The fraction of sp³-hybridized carbons (Fsp3) is 0.667. The highest BCUT2D eigenvalue weighted by Gasteiger charge is 2.40. The average Bonchev–Trinajstić information content (AvgIpc) is 2.17. The maximum absolute atomic E-state index is 11.7. The van der Waals surface area contributed by atoms with Crippen LogP contribution in [0.3, 0.4) is 0 Å². The predicted molar refractivity (Wildman–Crippen MR) is 70.1 cm³/mol. The molecule has 0 aromatic rings. The lowest BCUT2D eigenvalue weighted by atomic mass is 9.77. The van der Waals surface area contributed by atoms with Gasteiger partial charge in [-0.2, -0.15) is 8.42 Å². The number of rotatable bonds is 4. The summed E-state index contributed by atoms with van der Waals surface area (Å²) in [7, 11) is -4.25. The molecule has 0 bridgehead atoms. The van der Waals surface area contributed by atoms with Crippen molar-refractivity contribution in [2.45, 2.75) is 39.2 Å². The first-order valence-corrected chi connectivity index (χ1v) is 7.58. The molecule has 0 aliphatic heterocycles. The highest BCUT2D eigenvalue weighted by atomic mass is 32.2. The molecule has 0 radical (unpaired) electrons. The lowest BCUT2D eigenvalue weighted by Gasteiger charge is -2.38. The summed E-state index contributed by atoms with van der Waals surface area (Å²) < 4.78 is 31.3. The molecule has 0 saturated carbocycles. The van der Waals surface area contributed by atoms with E-state index in [1.54, 1.807) is 13.0 Å². The standard InChI is InChI=1S/C12H19NO5S/c1-8-4-5-10(6-11(8)15)12(3,13-9(2)14)7-19(16,17)18/h4,10H,5-7H2,1-3H3,(H,13,14)(H,16,17,18)/t10-,12?/m0/s1. The minimum absolute atomic E-state index is 0.0665. The summed E-state index contributed by atoms with van der Waals surface area (Å²) in [5, 5.41) is 2.56. The molecule has 1 amide bonds. The molecule has 19 heavy (non-hydrogen) atoms. The second-order valence-corrected chi connectivity index (χ2v) is 6.72. The topological polar surface area (TPSA) is 101 Å². The number of carbonyl (C=O) groups is 2. The van der Waals surface area contributed by atoms with E-state index >= 15 is 0 Å². The molecule has 0 heterocycles. The van der Waals surface area contributed by atoms with Crippen LogP contribution in [0.1, 0.15) is 33.6 Å². The van der Waals surface area contributed by atoms with Gasteiger partial charge in [0.1, 0.15) is 0 Å². The smallest absolute Gasteiger partial charge is 0.267 e. The van der Waals surface area contributed by atoms with E-state index in [0.29, 0.717) is 12.0 Å². The van der Waals surface area contributed by atoms with E-state index in [-0.39, 0.29) is 18.1 Å². The van der Waals surface area contributed by atoms with Crippen molar-refractivity contribution in [3.63, 3.8) is 0 Å². The van der Waals surface area contributed by atoms with E-state index in [9.17, 15) is 18.0 Å². The van der Waals surface area contributed by atoms with Gasteiger partial charge in [0.05, 0.1) is 11.3 Å². The highest BCUT2D eigenvalue weighted by molar-refractivity contribution is 7.85. The van der Waals surface area contributed by atoms with E-state index in [4.69, 9.17) is 4.55 Å². The van der Waals surface area contributed by atoms with Crippen molar-refractivity contribution in [3.05, 3.63) is 11.6 Å². The molecule has 0 saturated heterocycles. The molecule has 0 fully saturated rings. The minimum Gasteiger partial charge on any atom is -0.350 e. The summed E-state index contributed by atoms with van der Waals surface area (Å²) in [6.07, 6.45) is 2.39. The Kier molecular flexibility index (Phi) is 4.52. The highest BCUT2D eigenvalue weighted by Crippen LogP contribution is 2.31. The Hall–Kier alpha value is -1.21. The van der Waals surface area contributed by atoms with Gasteiger partial charge < -0.3 is 5.32 Å². The zero-order valence-electron chi connectivity index (χ0n) is 11.3. The lowest BCUT2D eigenvalue weighted by molar-refractivity contribution is -0.123. The van der Waals surface area contributed by atoms with E-state index in [1.807, 2.05) is 0 Å². The number of nitrogens with one attached hydrogen (secondary N) is 1. The van der Waals surface area contributed by atoms with Crippen LogP contribution < -0.4 is 5.32 Å². The molecule has 7 heteroatoms. The Labute approximate surface area is 113 Å². The molecular formula is C12H19NO5S. The molecule has 1 aliphatic rings. The van der Waals surface area contributed by atoms with Crippen LogP contribution in [0.15, 0.2) is 11.6 Å². The first-order valence-electron chi connectivity index (χ1n) is 5.97. The van der Waals surface area contributed by atoms with Crippen molar-refractivity contribution in [3.8, 4) is 0 Å². The van der Waals surface area contributed by atoms with Crippen molar-refractivity contribution in [2.75, 3.05) is 5.75 Å². The van der Waals surface area contributed by atoms with Gasteiger partial charge in [-0.25, -0.2) is 0 Å². The Morgan fingerprint density at radius 1 is 1.58 bits per heavy atom. The van der Waals surface area contributed by atoms with Gasteiger partial charge in [0.15, 0.2) is 5.78 Å². The van der Waals surface area contributed by atoms with Crippen molar-refractivity contribution in [1.82, 2.24) is 5.32 Å². The van der Waals surface area contributed by atoms with Crippen molar-refractivity contribution in [1.29, 1.82) is 0 Å². The van der Waals surface area contributed by atoms with Crippen molar-refractivity contribution >= 4 is 21.8 Å². The average molecular weight is 289 g/mol. The summed E-state index contributed by atoms with van der Waals surface area (Å²) in [5.74, 6) is -1.42. The van der Waals surface area contributed by atoms with E-state index in [1.165, 1.54) is 13.8 Å². The Morgan fingerprint density at radius 2 is 2.16 bits per heavy atom. The molecule has 1 aliphatic carbocycles. The second kappa shape index (κ2) is 5.42. The van der Waals surface area contributed by atoms with Gasteiger partial charge in [-0.15, -0.1) is 0 Å². The van der Waals surface area contributed by atoms with Crippen LogP contribution in [-0.2, 0) is 19.7 Å². The maximum atomic E-state index is 11.7. The first kappa shape index (κ1) is 15.8. The molecule has 6 nitrogen and oxygen atoms in total.